The highest BCUT2D eigenvalue weighted by Crippen LogP contribution is 2.10. The van der Waals surface area contributed by atoms with Gasteiger partial charge in [0.05, 0.1) is 12.7 Å². The molecule has 1 heterocycles. The standard InChI is InChI=1S/C8H13NO3/c1-2-3-12-6-4-7(8(10)11)9-5-6/h2,6-7,9H,1,3-5H2,(H,10,11). The van der Waals surface area contributed by atoms with Crippen LogP contribution in [0, 0.1) is 0 Å². The first-order chi connectivity index (χ1) is 5.74. The van der Waals surface area contributed by atoms with Crippen LogP contribution < -0.4 is 5.32 Å². The van der Waals surface area contributed by atoms with Crippen molar-refractivity contribution in [2.45, 2.75) is 18.6 Å². The predicted molar refractivity (Wildman–Crippen MR) is 44.0 cm³/mol. The zero-order valence-corrected chi connectivity index (χ0v) is 6.82. The minimum Gasteiger partial charge on any atom is -0.480 e. The molecule has 2 N–H and O–H groups in total. The summed E-state index contributed by atoms with van der Waals surface area (Å²) in [5.41, 5.74) is 0. The quantitative estimate of drug-likeness (QED) is 0.585. The van der Waals surface area contributed by atoms with E-state index in [4.69, 9.17) is 9.84 Å². The summed E-state index contributed by atoms with van der Waals surface area (Å²) in [6.07, 6.45) is 2.22. The Hall–Kier alpha value is -0.870. The first-order valence-electron chi connectivity index (χ1n) is 3.92. The van der Waals surface area contributed by atoms with Crippen molar-refractivity contribution in [2.75, 3.05) is 13.2 Å². The van der Waals surface area contributed by atoms with Gasteiger partial charge in [-0.05, 0) is 0 Å². The predicted octanol–water partition coefficient (Wildman–Crippen LogP) is 0.00410. The summed E-state index contributed by atoms with van der Waals surface area (Å²) in [6.45, 7) is 4.61. The van der Waals surface area contributed by atoms with Crippen LogP contribution in [0.5, 0.6) is 0 Å². The molecule has 0 aliphatic carbocycles. The molecule has 1 rings (SSSR count). The van der Waals surface area contributed by atoms with Crippen molar-refractivity contribution in [3.63, 3.8) is 0 Å². The van der Waals surface area contributed by atoms with Gasteiger partial charge in [-0.3, -0.25) is 4.79 Å². The molecule has 1 aliphatic heterocycles. The van der Waals surface area contributed by atoms with Crippen molar-refractivity contribution in [2.24, 2.45) is 0 Å². The SMILES string of the molecule is C=CCOC1CNC(C(=O)O)C1. The van der Waals surface area contributed by atoms with E-state index in [9.17, 15) is 4.79 Å². The highest BCUT2D eigenvalue weighted by molar-refractivity contribution is 5.73. The van der Waals surface area contributed by atoms with Gasteiger partial charge in [-0.1, -0.05) is 6.08 Å². The maximum atomic E-state index is 10.5. The van der Waals surface area contributed by atoms with Gasteiger partial charge in [-0.25, -0.2) is 0 Å². The van der Waals surface area contributed by atoms with Gasteiger partial charge in [0.2, 0.25) is 0 Å². The summed E-state index contributed by atoms with van der Waals surface area (Å²) in [5, 5.41) is 11.5. The maximum Gasteiger partial charge on any atom is 0.320 e. The van der Waals surface area contributed by atoms with Crippen LogP contribution in [0.15, 0.2) is 12.7 Å². The minimum atomic E-state index is -0.806. The van der Waals surface area contributed by atoms with E-state index < -0.39 is 12.0 Å². The van der Waals surface area contributed by atoms with Gasteiger partial charge in [-0.15, -0.1) is 6.58 Å². The van der Waals surface area contributed by atoms with E-state index in [1.807, 2.05) is 0 Å². The van der Waals surface area contributed by atoms with Crippen molar-refractivity contribution in [1.29, 1.82) is 0 Å². The molecular formula is C8H13NO3. The van der Waals surface area contributed by atoms with Crippen LogP contribution in [0.25, 0.3) is 0 Å². The lowest BCUT2D eigenvalue weighted by Gasteiger charge is -2.07. The van der Waals surface area contributed by atoms with Crippen LogP contribution in [0.1, 0.15) is 6.42 Å². The van der Waals surface area contributed by atoms with E-state index >= 15 is 0 Å². The van der Waals surface area contributed by atoms with Crippen LogP contribution in [-0.4, -0.2) is 36.4 Å². The largest absolute Gasteiger partial charge is 0.480 e. The van der Waals surface area contributed by atoms with Crippen LogP contribution in [0.3, 0.4) is 0 Å². The molecule has 0 saturated carbocycles. The number of nitrogens with one attached hydrogen (secondary N) is 1. The molecule has 0 aromatic rings. The van der Waals surface area contributed by atoms with Crippen LogP contribution in [0.4, 0.5) is 0 Å². The fraction of sp³-hybridized carbons (Fsp3) is 0.625. The van der Waals surface area contributed by atoms with Gasteiger partial charge in [0, 0.05) is 13.0 Å². The van der Waals surface area contributed by atoms with Crippen molar-refractivity contribution in [3.05, 3.63) is 12.7 Å². The van der Waals surface area contributed by atoms with E-state index in [-0.39, 0.29) is 6.10 Å². The Morgan fingerprint density at radius 3 is 3.08 bits per heavy atom. The minimum absolute atomic E-state index is 0.0177. The van der Waals surface area contributed by atoms with Crippen LogP contribution in [0.2, 0.25) is 0 Å². The Kier molecular flexibility index (Phi) is 3.25. The van der Waals surface area contributed by atoms with Crippen molar-refractivity contribution >= 4 is 5.97 Å². The molecule has 2 unspecified atom stereocenters. The molecule has 68 valence electrons. The molecule has 0 aromatic heterocycles. The first-order valence-corrected chi connectivity index (χ1v) is 3.92. The molecule has 2 atom stereocenters. The van der Waals surface area contributed by atoms with Gasteiger partial charge < -0.3 is 15.2 Å². The Balaban J connectivity index is 2.25. The molecule has 0 amide bonds. The lowest BCUT2D eigenvalue weighted by atomic mass is 10.2. The fourth-order valence-electron chi connectivity index (χ4n) is 1.22. The lowest BCUT2D eigenvalue weighted by molar-refractivity contribution is -0.139. The molecule has 1 saturated heterocycles. The third-order valence-corrected chi connectivity index (χ3v) is 1.84. The van der Waals surface area contributed by atoms with Gasteiger partial charge in [0.1, 0.15) is 6.04 Å². The van der Waals surface area contributed by atoms with E-state index in [0.29, 0.717) is 19.6 Å². The summed E-state index contributed by atoms with van der Waals surface area (Å²) in [6, 6.07) is -0.445. The summed E-state index contributed by atoms with van der Waals surface area (Å²) in [7, 11) is 0. The first kappa shape index (κ1) is 9.22. The zero-order valence-electron chi connectivity index (χ0n) is 6.82. The Morgan fingerprint density at radius 2 is 2.58 bits per heavy atom. The van der Waals surface area contributed by atoms with Gasteiger partial charge in [0.25, 0.3) is 0 Å². The molecule has 0 spiro atoms. The lowest BCUT2D eigenvalue weighted by Crippen LogP contribution is -2.29. The number of ether oxygens (including phenoxy) is 1. The number of hydrogen-bond donors (Lipinski definition) is 2. The molecule has 0 bridgehead atoms. The number of hydrogen-bond acceptors (Lipinski definition) is 3. The Morgan fingerprint density at radius 1 is 1.83 bits per heavy atom. The van der Waals surface area contributed by atoms with Crippen LogP contribution in [-0.2, 0) is 9.53 Å². The number of carboxylic acids is 1. The smallest absolute Gasteiger partial charge is 0.320 e. The fourth-order valence-corrected chi connectivity index (χ4v) is 1.22. The molecule has 4 nitrogen and oxygen atoms in total. The number of rotatable bonds is 4. The third-order valence-electron chi connectivity index (χ3n) is 1.84. The molecule has 0 aromatic carbocycles. The van der Waals surface area contributed by atoms with Gasteiger partial charge in [0.15, 0.2) is 0 Å². The van der Waals surface area contributed by atoms with Gasteiger partial charge in [-0.2, -0.15) is 0 Å². The second-order valence-corrected chi connectivity index (χ2v) is 2.78. The molecule has 1 aliphatic rings. The molecule has 1 fully saturated rings. The third kappa shape index (κ3) is 2.32. The number of carboxylic acid groups (broad SMARTS) is 1. The highest BCUT2D eigenvalue weighted by atomic mass is 16.5. The average molecular weight is 171 g/mol. The summed E-state index contributed by atoms with van der Waals surface area (Å²) < 4.78 is 5.29. The maximum absolute atomic E-state index is 10.5. The summed E-state index contributed by atoms with van der Waals surface area (Å²) >= 11 is 0. The second kappa shape index (κ2) is 4.23. The summed E-state index contributed by atoms with van der Waals surface area (Å²) in [4.78, 5) is 10.5. The summed E-state index contributed by atoms with van der Waals surface area (Å²) in [5.74, 6) is -0.806. The van der Waals surface area contributed by atoms with E-state index in [1.54, 1.807) is 6.08 Å². The van der Waals surface area contributed by atoms with Crippen LogP contribution >= 0.6 is 0 Å². The Bertz CT molecular complexity index is 181. The highest BCUT2D eigenvalue weighted by Gasteiger charge is 2.29. The second-order valence-electron chi connectivity index (χ2n) is 2.78. The van der Waals surface area contributed by atoms with E-state index in [1.165, 1.54) is 0 Å². The number of aliphatic carboxylic acids is 1. The zero-order chi connectivity index (χ0) is 8.97. The van der Waals surface area contributed by atoms with E-state index in [0.717, 1.165) is 0 Å². The Labute approximate surface area is 71.2 Å². The van der Waals surface area contributed by atoms with Crippen molar-refractivity contribution < 1.29 is 14.6 Å². The topological polar surface area (TPSA) is 58.6 Å². The molecular weight excluding hydrogens is 158 g/mol. The molecule has 12 heavy (non-hydrogen) atoms. The molecule has 0 radical (unpaired) electrons. The molecule has 4 heteroatoms. The normalized spacial score (nSPS) is 28.7. The van der Waals surface area contributed by atoms with Crippen molar-refractivity contribution in [3.8, 4) is 0 Å². The van der Waals surface area contributed by atoms with Gasteiger partial charge >= 0.3 is 5.97 Å². The monoisotopic (exact) mass is 171 g/mol. The average Bonchev–Trinajstić information content (AvgIpc) is 2.48. The van der Waals surface area contributed by atoms with Crippen molar-refractivity contribution in [1.82, 2.24) is 5.32 Å². The number of carbonyl (C=O) groups is 1. The van der Waals surface area contributed by atoms with E-state index in [2.05, 4.69) is 11.9 Å².